The Morgan fingerprint density at radius 1 is 0.484 bits per heavy atom. The Morgan fingerprint density at radius 2 is 0.871 bits per heavy atom. The van der Waals surface area contributed by atoms with Crippen molar-refractivity contribution in [2.45, 2.75) is 225 Å². The van der Waals surface area contributed by atoms with Gasteiger partial charge in [-0.3, -0.25) is 9.59 Å². The quantitative estimate of drug-likeness (QED) is 0.0322. The first kappa shape index (κ1) is 58.5. The molecule has 0 bridgehead atoms. The highest BCUT2D eigenvalue weighted by atomic mass is 16.5. The van der Waals surface area contributed by atoms with Crippen LogP contribution >= 0.6 is 0 Å². The van der Waals surface area contributed by atoms with Gasteiger partial charge in [0.25, 0.3) is 0 Å². The summed E-state index contributed by atoms with van der Waals surface area (Å²) >= 11 is 0. The van der Waals surface area contributed by atoms with Crippen molar-refractivity contribution < 1.29 is 24.5 Å². The lowest BCUT2D eigenvalue weighted by atomic mass is 10.0. The summed E-state index contributed by atoms with van der Waals surface area (Å²) in [6, 6.07) is -0.736. The van der Waals surface area contributed by atoms with Crippen LogP contribution in [0, 0.1) is 0 Å². The van der Waals surface area contributed by atoms with E-state index in [9.17, 15) is 19.8 Å². The van der Waals surface area contributed by atoms with E-state index in [1.807, 2.05) is 72.9 Å². The number of aliphatic hydroxyl groups is 2. The molecule has 0 aliphatic heterocycles. The van der Waals surface area contributed by atoms with E-state index in [-0.39, 0.29) is 31.3 Å². The van der Waals surface area contributed by atoms with Crippen molar-refractivity contribution in [1.29, 1.82) is 0 Å². The lowest BCUT2D eigenvalue weighted by molar-refractivity contribution is -0.151. The van der Waals surface area contributed by atoms with Crippen LogP contribution in [0.2, 0.25) is 0 Å². The molecule has 3 N–H and O–H groups in total. The SMILES string of the molecule is CC/C=C/C=C/C=C\C=C/C=C/CCCC(=O)OC(CCCCC/C=C/C=C/C=C/C=C/CCCCC)CC(=O)NC(CO)C(O)CCCCCCCCCCCCCCCC. The Morgan fingerprint density at radius 3 is 1.35 bits per heavy atom. The second-order valence-corrected chi connectivity index (χ2v) is 16.7. The summed E-state index contributed by atoms with van der Waals surface area (Å²) in [5, 5.41) is 23.7. The van der Waals surface area contributed by atoms with Crippen LogP contribution in [-0.2, 0) is 14.3 Å². The number of carbonyl (C=O) groups is 2. The van der Waals surface area contributed by atoms with Gasteiger partial charge >= 0.3 is 5.97 Å². The van der Waals surface area contributed by atoms with Crippen molar-refractivity contribution in [2.24, 2.45) is 0 Å². The number of ether oxygens (including phenoxy) is 1. The molecule has 0 saturated heterocycles. The third-order valence-corrected chi connectivity index (χ3v) is 10.8. The van der Waals surface area contributed by atoms with E-state index in [1.54, 1.807) is 0 Å². The van der Waals surface area contributed by atoms with Crippen molar-refractivity contribution in [3.63, 3.8) is 0 Å². The molecule has 0 spiro atoms. The second-order valence-electron chi connectivity index (χ2n) is 16.7. The Labute approximate surface area is 381 Å². The minimum atomic E-state index is -0.818. The van der Waals surface area contributed by atoms with Crippen molar-refractivity contribution in [3.05, 3.63) is 109 Å². The van der Waals surface area contributed by atoms with Gasteiger partial charge in [-0.05, 0) is 64.2 Å². The molecular weight excluding hydrogens is 767 g/mol. The number of hydrogen-bond donors (Lipinski definition) is 3. The molecule has 0 rings (SSSR count). The summed E-state index contributed by atoms with van der Waals surface area (Å²) in [6.45, 7) is 6.26. The van der Waals surface area contributed by atoms with Crippen LogP contribution < -0.4 is 5.32 Å². The van der Waals surface area contributed by atoms with E-state index in [0.29, 0.717) is 19.3 Å². The molecule has 0 aliphatic carbocycles. The van der Waals surface area contributed by atoms with Gasteiger partial charge in [0, 0.05) is 6.42 Å². The maximum atomic E-state index is 13.2. The highest BCUT2D eigenvalue weighted by Gasteiger charge is 2.24. The first-order chi connectivity index (χ1) is 30.5. The first-order valence-electron chi connectivity index (χ1n) is 25.2. The van der Waals surface area contributed by atoms with Gasteiger partial charge < -0.3 is 20.3 Å². The van der Waals surface area contributed by atoms with Gasteiger partial charge in [-0.1, -0.05) is 239 Å². The molecule has 62 heavy (non-hydrogen) atoms. The maximum Gasteiger partial charge on any atom is 0.306 e. The second kappa shape index (κ2) is 48.6. The summed E-state index contributed by atoms with van der Waals surface area (Å²) in [4.78, 5) is 26.1. The summed E-state index contributed by atoms with van der Waals surface area (Å²) < 4.78 is 5.87. The lowest BCUT2D eigenvalue weighted by Gasteiger charge is -2.24. The van der Waals surface area contributed by atoms with Crippen molar-refractivity contribution in [3.8, 4) is 0 Å². The topological polar surface area (TPSA) is 95.9 Å². The van der Waals surface area contributed by atoms with Crippen LogP contribution in [0.3, 0.4) is 0 Å². The Bertz CT molecular complexity index is 1280. The van der Waals surface area contributed by atoms with E-state index < -0.39 is 18.2 Å². The monoisotopic (exact) mass is 860 g/mol. The zero-order valence-electron chi connectivity index (χ0n) is 40.0. The lowest BCUT2D eigenvalue weighted by Crippen LogP contribution is -2.46. The maximum absolute atomic E-state index is 13.2. The van der Waals surface area contributed by atoms with E-state index in [1.165, 1.54) is 89.9 Å². The smallest absolute Gasteiger partial charge is 0.306 e. The minimum Gasteiger partial charge on any atom is -0.462 e. The molecule has 0 heterocycles. The number of nitrogens with one attached hydrogen (secondary N) is 1. The summed E-state index contributed by atoms with van der Waals surface area (Å²) in [5.74, 6) is -0.611. The summed E-state index contributed by atoms with van der Waals surface area (Å²) in [7, 11) is 0. The van der Waals surface area contributed by atoms with Gasteiger partial charge in [0.1, 0.15) is 6.10 Å². The number of amides is 1. The molecule has 0 aliphatic rings. The van der Waals surface area contributed by atoms with Gasteiger partial charge in [-0.25, -0.2) is 0 Å². The van der Waals surface area contributed by atoms with Gasteiger partial charge in [0.2, 0.25) is 5.91 Å². The average Bonchev–Trinajstić information content (AvgIpc) is 3.26. The molecule has 352 valence electrons. The van der Waals surface area contributed by atoms with Crippen LogP contribution in [0.1, 0.15) is 207 Å². The number of aliphatic hydroxyl groups excluding tert-OH is 2. The van der Waals surface area contributed by atoms with E-state index in [2.05, 4.69) is 62.5 Å². The molecular formula is C56H93NO5. The summed E-state index contributed by atoms with van der Waals surface area (Å²) in [6.07, 6.45) is 65.7. The number of esters is 1. The van der Waals surface area contributed by atoms with Gasteiger partial charge in [0.15, 0.2) is 0 Å². The molecule has 0 aromatic carbocycles. The Kier molecular flexibility index (Phi) is 45.8. The highest BCUT2D eigenvalue weighted by molar-refractivity contribution is 5.77. The molecule has 0 aromatic rings. The zero-order valence-corrected chi connectivity index (χ0v) is 40.0. The van der Waals surface area contributed by atoms with Crippen LogP contribution in [-0.4, -0.2) is 46.9 Å². The van der Waals surface area contributed by atoms with Crippen molar-refractivity contribution in [1.82, 2.24) is 5.32 Å². The summed E-state index contributed by atoms with van der Waals surface area (Å²) in [5.41, 5.74) is 0. The van der Waals surface area contributed by atoms with Crippen molar-refractivity contribution in [2.75, 3.05) is 6.61 Å². The predicted molar refractivity (Wildman–Crippen MR) is 268 cm³/mol. The molecule has 6 nitrogen and oxygen atoms in total. The van der Waals surface area contributed by atoms with Crippen LogP contribution in [0.25, 0.3) is 0 Å². The molecule has 3 atom stereocenters. The van der Waals surface area contributed by atoms with Crippen LogP contribution in [0.15, 0.2) is 109 Å². The van der Waals surface area contributed by atoms with E-state index >= 15 is 0 Å². The van der Waals surface area contributed by atoms with E-state index in [0.717, 1.165) is 64.2 Å². The average molecular weight is 860 g/mol. The number of carbonyl (C=O) groups excluding carboxylic acids is 2. The number of hydrogen-bond acceptors (Lipinski definition) is 5. The molecule has 0 fully saturated rings. The third-order valence-electron chi connectivity index (χ3n) is 10.8. The number of unbranched alkanes of at least 4 members (excludes halogenated alkanes) is 20. The number of rotatable bonds is 43. The molecule has 3 unspecified atom stereocenters. The molecule has 0 aromatic heterocycles. The molecule has 0 saturated carbocycles. The molecule has 1 amide bonds. The molecule has 6 heteroatoms. The van der Waals surface area contributed by atoms with Gasteiger partial charge in [-0.15, -0.1) is 0 Å². The van der Waals surface area contributed by atoms with Crippen LogP contribution in [0.5, 0.6) is 0 Å². The van der Waals surface area contributed by atoms with Crippen molar-refractivity contribution >= 4 is 11.9 Å². The fraction of sp³-hybridized carbons (Fsp3) is 0.643. The first-order valence-corrected chi connectivity index (χ1v) is 25.2. The third kappa shape index (κ3) is 43.2. The van der Waals surface area contributed by atoms with E-state index in [4.69, 9.17) is 4.74 Å². The largest absolute Gasteiger partial charge is 0.462 e. The normalized spacial score (nSPS) is 14.2. The predicted octanol–water partition coefficient (Wildman–Crippen LogP) is 15.1. The number of allylic oxidation sites excluding steroid dienone is 18. The van der Waals surface area contributed by atoms with Crippen LogP contribution in [0.4, 0.5) is 0 Å². The van der Waals surface area contributed by atoms with Gasteiger partial charge in [-0.2, -0.15) is 0 Å². The fourth-order valence-electron chi connectivity index (χ4n) is 7.00. The minimum absolute atomic E-state index is 0.0161. The van der Waals surface area contributed by atoms with Gasteiger partial charge in [0.05, 0.1) is 25.2 Å². The fourth-order valence-corrected chi connectivity index (χ4v) is 7.00. The standard InChI is InChI=1S/C56H93NO5/c1-4-7-10-13-16-19-22-25-27-28-30-32-35-38-41-44-47-52(62-56(61)49-46-43-40-37-34-29-24-21-18-15-12-9-6-3)50-55(60)57-53(51-58)54(59)48-45-42-39-36-33-31-26-23-20-17-14-11-8-5-2/h9,12,15-16,18-19,21-22,24-25,27-30,32,34,37,40,52-54,58-59H,4-8,10-11,13-14,17,20,23,26,31,33,35-36,38-39,41-51H2,1-3H3,(H,57,60)/b12-9+,18-15+,19-16+,24-21-,25-22+,28-27+,32-30+,34-29-,40-37+. The highest BCUT2D eigenvalue weighted by Crippen LogP contribution is 2.17. The zero-order chi connectivity index (χ0) is 45.2. The molecule has 0 radical (unpaired) electrons. The Hall–Kier alpha value is -3.48. The Balaban J connectivity index is 4.80.